The lowest BCUT2D eigenvalue weighted by atomic mass is 10.1. The van der Waals surface area contributed by atoms with Crippen molar-refractivity contribution in [3.05, 3.63) is 11.9 Å². The Hall–Kier alpha value is -2.17. The molecule has 21 heavy (non-hydrogen) atoms. The molecule has 1 fully saturated rings. The first kappa shape index (κ1) is 15.2. The van der Waals surface area contributed by atoms with E-state index in [1.807, 2.05) is 0 Å². The first-order chi connectivity index (χ1) is 9.74. The van der Waals surface area contributed by atoms with Gasteiger partial charge in [-0.05, 0) is 0 Å². The summed E-state index contributed by atoms with van der Waals surface area (Å²) in [6, 6.07) is -0.138. The van der Waals surface area contributed by atoms with Gasteiger partial charge in [0.05, 0.1) is 18.8 Å². The van der Waals surface area contributed by atoms with Crippen LogP contribution in [-0.2, 0) is 4.79 Å². The highest BCUT2D eigenvalue weighted by Crippen LogP contribution is 2.19. The van der Waals surface area contributed by atoms with E-state index >= 15 is 0 Å². The Morgan fingerprint density at radius 3 is 2.62 bits per heavy atom. The van der Waals surface area contributed by atoms with Crippen LogP contribution in [0.5, 0.6) is 0 Å². The van der Waals surface area contributed by atoms with Gasteiger partial charge in [0.1, 0.15) is 6.54 Å². The molecule has 1 amide bonds. The molecule has 0 aliphatic carbocycles. The number of carboxylic acid groups (broad SMARTS) is 1. The lowest BCUT2D eigenvalue weighted by Gasteiger charge is -2.38. The molecule has 0 unspecified atom stereocenters. The molecule has 1 aliphatic heterocycles. The minimum Gasteiger partial charge on any atom is -0.476 e. The Morgan fingerprint density at radius 1 is 1.43 bits per heavy atom. The average Bonchev–Trinajstić information content (AvgIpc) is 2.79. The summed E-state index contributed by atoms with van der Waals surface area (Å²) in [5.74, 6) is -1.90. The Bertz CT molecular complexity index is 538. The normalized spacial score (nSPS) is 16.5. The van der Waals surface area contributed by atoms with E-state index in [2.05, 4.69) is 10.3 Å². The van der Waals surface area contributed by atoms with Crippen molar-refractivity contribution in [3.63, 3.8) is 0 Å². The third-order valence-corrected chi connectivity index (χ3v) is 2.89. The van der Waals surface area contributed by atoms with Gasteiger partial charge in [0, 0.05) is 13.1 Å². The standard InChI is InChI=1S/C10H12F3N5O3/c11-10(12,13)5-14-8(19)4-17-1-6(2-17)18-3-7(9(20)21)15-16-18/h3,6H,1-2,4-5H2,(H,14,19)(H,20,21). The third-order valence-electron chi connectivity index (χ3n) is 2.89. The van der Waals surface area contributed by atoms with Crippen molar-refractivity contribution in [2.45, 2.75) is 12.2 Å². The number of nitrogens with one attached hydrogen (secondary N) is 1. The van der Waals surface area contributed by atoms with Crippen molar-refractivity contribution in [2.75, 3.05) is 26.2 Å². The number of rotatable bonds is 5. The van der Waals surface area contributed by atoms with Crippen LogP contribution in [0.15, 0.2) is 6.20 Å². The summed E-state index contributed by atoms with van der Waals surface area (Å²) in [5, 5.41) is 17.6. The van der Waals surface area contributed by atoms with Crippen LogP contribution >= 0.6 is 0 Å². The molecule has 0 spiro atoms. The Kier molecular flexibility index (Phi) is 4.11. The number of carboxylic acids is 1. The van der Waals surface area contributed by atoms with Crippen LogP contribution in [-0.4, -0.2) is 69.2 Å². The van der Waals surface area contributed by atoms with Crippen molar-refractivity contribution < 1.29 is 27.9 Å². The number of aromatic carboxylic acids is 1. The second kappa shape index (κ2) is 5.68. The number of alkyl halides is 3. The number of halogens is 3. The summed E-state index contributed by atoms with van der Waals surface area (Å²) in [7, 11) is 0. The van der Waals surface area contributed by atoms with Gasteiger partial charge in [0.15, 0.2) is 5.69 Å². The van der Waals surface area contributed by atoms with E-state index in [1.165, 1.54) is 10.9 Å². The molecule has 2 rings (SSSR count). The maximum Gasteiger partial charge on any atom is 0.405 e. The highest BCUT2D eigenvalue weighted by atomic mass is 19.4. The number of aromatic nitrogens is 3. The zero-order valence-electron chi connectivity index (χ0n) is 10.7. The molecule has 1 aromatic heterocycles. The van der Waals surface area contributed by atoms with E-state index in [-0.39, 0.29) is 18.3 Å². The lowest BCUT2D eigenvalue weighted by Crippen LogP contribution is -2.52. The van der Waals surface area contributed by atoms with Gasteiger partial charge >= 0.3 is 12.1 Å². The molecule has 2 N–H and O–H groups in total. The van der Waals surface area contributed by atoms with E-state index in [0.29, 0.717) is 13.1 Å². The largest absolute Gasteiger partial charge is 0.476 e. The van der Waals surface area contributed by atoms with Crippen LogP contribution in [0.3, 0.4) is 0 Å². The molecule has 2 heterocycles. The number of likely N-dealkylation sites (tertiary alicyclic amines) is 1. The molecule has 0 saturated carbocycles. The molecular weight excluding hydrogens is 295 g/mol. The highest BCUT2D eigenvalue weighted by molar-refractivity contribution is 5.84. The molecule has 1 saturated heterocycles. The third kappa shape index (κ3) is 4.15. The number of amides is 1. The number of hydrogen-bond donors (Lipinski definition) is 2. The quantitative estimate of drug-likeness (QED) is 0.761. The van der Waals surface area contributed by atoms with Gasteiger partial charge in [-0.1, -0.05) is 5.21 Å². The number of carbonyl (C=O) groups excluding carboxylic acids is 1. The van der Waals surface area contributed by atoms with Crippen molar-refractivity contribution in [1.29, 1.82) is 0 Å². The van der Waals surface area contributed by atoms with Gasteiger partial charge in [-0.15, -0.1) is 5.10 Å². The van der Waals surface area contributed by atoms with E-state index in [4.69, 9.17) is 5.11 Å². The zero-order valence-corrected chi connectivity index (χ0v) is 10.7. The molecule has 116 valence electrons. The fourth-order valence-electron chi connectivity index (χ4n) is 1.85. The van der Waals surface area contributed by atoms with Crippen molar-refractivity contribution in [1.82, 2.24) is 25.2 Å². The lowest BCUT2D eigenvalue weighted by molar-refractivity contribution is -0.139. The topological polar surface area (TPSA) is 100 Å². The molecule has 1 aliphatic rings. The van der Waals surface area contributed by atoms with Gasteiger partial charge in [0.25, 0.3) is 0 Å². The minimum absolute atomic E-state index is 0.138. The molecule has 8 nitrogen and oxygen atoms in total. The van der Waals surface area contributed by atoms with E-state index in [0.717, 1.165) is 0 Å². The van der Waals surface area contributed by atoms with Crippen LogP contribution < -0.4 is 5.32 Å². The Labute approximate surface area is 116 Å². The Morgan fingerprint density at radius 2 is 2.10 bits per heavy atom. The first-order valence-corrected chi connectivity index (χ1v) is 5.95. The number of nitrogens with zero attached hydrogens (tertiary/aromatic N) is 4. The fraction of sp³-hybridized carbons (Fsp3) is 0.600. The van der Waals surface area contributed by atoms with E-state index in [9.17, 15) is 22.8 Å². The van der Waals surface area contributed by atoms with Gasteiger partial charge in [-0.25, -0.2) is 9.48 Å². The molecule has 11 heteroatoms. The molecule has 0 radical (unpaired) electrons. The summed E-state index contributed by atoms with van der Waals surface area (Å²) in [5.41, 5.74) is -0.184. The maximum absolute atomic E-state index is 11.9. The molecule has 0 aromatic carbocycles. The summed E-state index contributed by atoms with van der Waals surface area (Å²) >= 11 is 0. The van der Waals surface area contributed by atoms with Crippen LogP contribution in [0.1, 0.15) is 16.5 Å². The van der Waals surface area contributed by atoms with Crippen molar-refractivity contribution in [2.24, 2.45) is 0 Å². The molecular formula is C10H12F3N5O3. The van der Waals surface area contributed by atoms with Gasteiger partial charge in [0.2, 0.25) is 5.91 Å². The molecule has 0 bridgehead atoms. The van der Waals surface area contributed by atoms with E-state index in [1.54, 1.807) is 10.2 Å². The predicted molar refractivity (Wildman–Crippen MR) is 61.5 cm³/mol. The SMILES string of the molecule is O=C(CN1CC(n2cc(C(=O)O)nn2)C1)NCC(F)(F)F. The zero-order chi connectivity index (χ0) is 15.6. The van der Waals surface area contributed by atoms with Crippen molar-refractivity contribution >= 4 is 11.9 Å². The van der Waals surface area contributed by atoms with Gasteiger partial charge in [-0.2, -0.15) is 13.2 Å². The number of hydrogen-bond acceptors (Lipinski definition) is 5. The summed E-state index contributed by atoms with van der Waals surface area (Å²) in [4.78, 5) is 23.5. The molecule has 1 aromatic rings. The maximum atomic E-state index is 11.9. The monoisotopic (exact) mass is 307 g/mol. The second-order valence-electron chi connectivity index (χ2n) is 4.63. The minimum atomic E-state index is -4.43. The highest BCUT2D eigenvalue weighted by Gasteiger charge is 2.32. The van der Waals surface area contributed by atoms with Crippen LogP contribution in [0.2, 0.25) is 0 Å². The summed E-state index contributed by atoms with van der Waals surface area (Å²) in [6.45, 7) is -0.717. The fourth-order valence-corrected chi connectivity index (χ4v) is 1.85. The van der Waals surface area contributed by atoms with Gasteiger partial charge < -0.3 is 10.4 Å². The van der Waals surface area contributed by atoms with Gasteiger partial charge in [-0.3, -0.25) is 9.69 Å². The van der Waals surface area contributed by atoms with Crippen molar-refractivity contribution in [3.8, 4) is 0 Å². The van der Waals surface area contributed by atoms with Crippen LogP contribution in [0.4, 0.5) is 13.2 Å². The molecule has 0 atom stereocenters. The average molecular weight is 307 g/mol. The van der Waals surface area contributed by atoms with Crippen LogP contribution in [0, 0.1) is 0 Å². The first-order valence-electron chi connectivity index (χ1n) is 5.95. The van der Waals surface area contributed by atoms with Crippen LogP contribution in [0.25, 0.3) is 0 Å². The summed E-state index contributed by atoms with van der Waals surface area (Å²) in [6.07, 6.45) is -3.16. The number of carbonyl (C=O) groups is 2. The van der Waals surface area contributed by atoms with E-state index < -0.39 is 24.6 Å². The second-order valence-corrected chi connectivity index (χ2v) is 4.63. The predicted octanol–water partition coefficient (Wildman–Crippen LogP) is -0.489. The smallest absolute Gasteiger partial charge is 0.405 e. The summed E-state index contributed by atoms with van der Waals surface area (Å²) < 4.78 is 37.1. The Balaban J connectivity index is 1.73.